The number of esters is 2. The van der Waals surface area contributed by atoms with Gasteiger partial charge in [-0.15, -0.1) is 0 Å². The number of hydroxylamine groups is 2. The number of nitrogens with one attached hydrogen (secondary N) is 1. The van der Waals surface area contributed by atoms with Crippen molar-refractivity contribution in [1.82, 2.24) is 10.4 Å². The maximum absolute atomic E-state index is 14.8. The zero-order chi connectivity index (χ0) is 38.2. The summed E-state index contributed by atoms with van der Waals surface area (Å²) in [5.74, 6) is -2.40. The van der Waals surface area contributed by atoms with Gasteiger partial charge in [-0.3, -0.25) is 19.2 Å². The van der Waals surface area contributed by atoms with E-state index in [2.05, 4.69) is 19.2 Å². The van der Waals surface area contributed by atoms with Crippen molar-refractivity contribution in [3.05, 3.63) is 41.7 Å². The molecular formula is C40H60N2O11. The van der Waals surface area contributed by atoms with E-state index in [0.29, 0.717) is 12.8 Å². The largest absolute Gasteiger partial charge is 0.499 e. The van der Waals surface area contributed by atoms with Crippen LogP contribution in [0.3, 0.4) is 0 Å². The Hall–Kier alpha value is -3.07. The third kappa shape index (κ3) is 9.42. The van der Waals surface area contributed by atoms with E-state index in [-0.39, 0.29) is 39.0 Å². The van der Waals surface area contributed by atoms with E-state index in [1.54, 1.807) is 31.9 Å². The van der Waals surface area contributed by atoms with Crippen molar-refractivity contribution in [2.75, 3.05) is 19.8 Å². The molecule has 2 bridgehead atoms. The number of unbranched alkanes of at least 4 members (excludes halogenated alkanes) is 4. The number of benzene rings is 1. The first-order valence-corrected chi connectivity index (χ1v) is 19.5. The molecule has 0 radical (unpaired) electrons. The minimum atomic E-state index is -1.44. The van der Waals surface area contributed by atoms with Crippen LogP contribution in [-0.4, -0.2) is 101 Å². The van der Waals surface area contributed by atoms with Crippen LogP contribution in [0.2, 0.25) is 0 Å². The minimum absolute atomic E-state index is 0.0120. The molecule has 13 nitrogen and oxygen atoms in total. The van der Waals surface area contributed by atoms with E-state index >= 15 is 0 Å². The third-order valence-corrected chi connectivity index (χ3v) is 10.6. The topological polar surface area (TPSA) is 162 Å². The first kappa shape index (κ1) is 41.1. The number of carbonyl (C=O) groups is 3. The second-order valence-electron chi connectivity index (χ2n) is 15.8. The highest BCUT2D eigenvalue weighted by Crippen LogP contribution is 2.58. The van der Waals surface area contributed by atoms with Crippen LogP contribution in [0.5, 0.6) is 0 Å². The average Bonchev–Trinajstić information content (AvgIpc) is 3.67. The average molecular weight is 745 g/mol. The molecule has 0 aromatic heterocycles. The van der Waals surface area contributed by atoms with Crippen molar-refractivity contribution in [3.8, 4) is 0 Å². The van der Waals surface area contributed by atoms with Gasteiger partial charge in [-0.05, 0) is 57.2 Å². The first-order chi connectivity index (χ1) is 25.4. The second-order valence-corrected chi connectivity index (χ2v) is 15.8. The van der Waals surface area contributed by atoms with E-state index in [0.717, 1.165) is 49.7 Å². The lowest BCUT2D eigenvalue weighted by Crippen LogP contribution is -2.70. The Bertz CT molecular complexity index is 1420. The number of hydrogen-bond acceptors (Lipinski definition) is 12. The van der Waals surface area contributed by atoms with Crippen molar-refractivity contribution in [2.24, 2.45) is 5.41 Å². The van der Waals surface area contributed by atoms with Crippen molar-refractivity contribution >= 4 is 23.9 Å². The molecule has 4 fully saturated rings. The number of fused-ring (bicyclic) bond motifs is 4. The fraction of sp³-hybridized carbons (Fsp3) is 0.725. The predicted molar refractivity (Wildman–Crippen MR) is 195 cm³/mol. The van der Waals surface area contributed by atoms with Crippen molar-refractivity contribution in [3.63, 3.8) is 0 Å². The predicted octanol–water partition coefficient (Wildman–Crippen LogP) is 4.71. The highest BCUT2D eigenvalue weighted by Gasteiger charge is 2.76. The number of carbonyl (C=O) groups excluding carboxylic acids is 3. The zero-order valence-electron chi connectivity index (χ0n) is 32.1. The number of aliphatic hydroxyl groups is 2. The van der Waals surface area contributed by atoms with Gasteiger partial charge < -0.3 is 39.2 Å². The van der Waals surface area contributed by atoms with Gasteiger partial charge in [0.25, 0.3) is 0 Å². The lowest BCUT2D eigenvalue weighted by Gasteiger charge is -2.49. The van der Waals surface area contributed by atoms with Crippen molar-refractivity contribution in [1.29, 1.82) is 0 Å². The Balaban J connectivity index is 1.48. The van der Waals surface area contributed by atoms with Gasteiger partial charge in [-0.25, -0.2) is 0 Å². The highest BCUT2D eigenvalue weighted by molar-refractivity contribution is 5.93. The molecule has 0 unspecified atom stereocenters. The summed E-state index contributed by atoms with van der Waals surface area (Å²) < 4.78 is 30.8. The van der Waals surface area contributed by atoms with E-state index in [1.165, 1.54) is 6.26 Å². The maximum atomic E-state index is 14.8. The van der Waals surface area contributed by atoms with Crippen LogP contribution in [0, 0.1) is 5.41 Å². The van der Waals surface area contributed by atoms with E-state index < -0.39 is 77.8 Å². The molecule has 1 amide bonds. The summed E-state index contributed by atoms with van der Waals surface area (Å²) in [6, 6.07) is 5.66. The van der Waals surface area contributed by atoms with Gasteiger partial charge in [0.1, 0.15) is 42.0 Å². The van der Waals surface area contributed by atoms with Crippen LogP contribution >= 0.6 is 0 Å². The molecule has 3 heterocycles. The summed E-state index contributed by atoms with van der Waals surface area (Å²) >= 11 is 0. The van der Waals surface area contributed by atoms with Gasteiger partial charge in [-0.1, -0.05) is 63.8 Å². The Morgan fingerprint density at radius 2 is 1.75 bits per heavy atom. The van der Waals surface area contributed by atoms with Crippen molar-refractivity contribution in [2.45, 2.75) is 160 Å². The summed E-state index contributed by atoms with van der Waals surface area (Å²) in [6.07, 6.45) is 7.82. The highest BCUT2D eigenvalue weighted by atomic mass is 16.8. The van der Waals surface area contributed by atoms with E-state index in [1.807, 2.05) is 24.3 Å². The van der Waals surface area contributed by atoms with Gasteiger partial charge in [-0.2, -0.15) is 5.06 Å². The SMILES string of the molecule is CCCCCC1(CCCCC)O[C@@H]2[C@H](O1)[C@H]1ON(Cc3ccccc3C=COCCO)[C@H]3C(=O)O[C@@H]2C[C@@]13C(=O)N[C@H](CO)CCC(=O)OC(C)(C)C. The third-order valence-electron chi connectivity index (χ3n) is 10.6. The molecule has 53 heavy (non-hydrogen) atoms. The standard InChI is InChI=1S/C40H60N2O11/c1-6-8-12-19-39(20-13-9-7-2)51-32-30-24-40(37(47)41-29(26-44)16-17-31(45)50-38(3,4)5)34(36(46)49-30)42(53-35(40)33(32)52-39)25-28-15-11-10-14-27(28)18-22-48-23-21-43/h10-11,14-15,18,22,29-30,32-35,43-44H,6-9,12-13,16-17,19-21,23-26H2,1-5H3,(H,41,47)/t29-,30+,32-,33-,34-,35+,40-/m0/s1. The van der Waals surface area contributed by atoms with Crippen LogP contribution in [0.4, 0.5) is 0 Å². The van der Waals surface area contributed by atoms with Gasteiger partial charge in [0.05, 0.1) is 32.1 Å². The second kappa shape index (κ2) is 18.0. The van der Waals surface area contributed by atoms with Crippen LogP contribution in [0.15, 0.2) is 30.5 Å². The smallest absolute Gasteiger partial charge is 0.327 e. The number of rotatable bonds is 20. The molecule has 5 rings (SSSR count). The van der Waals surface area contributed by atoms with Crippen LogP contribution < -0.4 is 5.32 Å². The fourth-order valence-electron chi connectivity index (χ4n) is 8.16. The summed E-state index contributed by atoms with van der Waals surface area (Å²) in [5.41, 5.74) is -0.505. The van der Waals surface area contributed by atoms with Crippen LogP contribution in [0.1, 0.15) is 116 Å². The molecule has 3 saturated heterocycles. The van der Waals surface area contributed by atoms with Crippen LogP contribution in [-0.2, 0) is 49.5 Å². The molecule has 4 aliphatic rings. The van der Waals surface area contributed by atoms with E-state index in [4.69, 9.17) is 33.6 Å². The van der Waals surface area contributed by atoms with Gasteiger partial charge in [0.15, 0.2) is 11.8 Å². The monoisotopic (exact) mass is 744 g/mol. The summed E-state index contributed by atoms with van der Waals surface area (Å²) in [7, 11) is 0. The molecular weight excluding hydrogens is 684 g/mol. The Labute approximate surface area is 313 Å². The number of aliphatic hydroxyl groups excluding tert-OH is 2. The molecule has 13 heteroatoms. The maximum Gasteiger partial charge on any atom is 0.327 e. The van der Waals surface area contributed by atoms with Crippen LogP contribution in [0.25, 0.3) is 6.08 Å². The van der Waals surface area contributed by atoms with Crippen molar-refractivity contribution < 1.29 is 53.1 Å². The normalized spacial score (nSPS) is 28.1. The Kier molecular flexibility index (Phi) is 14.0. The summed E-state index contributed by atoms with van der Waals surface area (Å²) in [6.45, 7) is 9.39. The number of amides is 1. The number of ether oxygens (including phenoxy) is 5. The molecule has 1 saturated carbocycles. The molecule has 3 aliphatic heterocycles. The molecule has 7 atom stereocenters. The first-order valence-electron chi connectivity index (χ1n) is 19.5. The minimum Gasteiger partial charge on any atom is -0.499 e. The molecule has 3 N–H and O–H groups in total. The lowest BCUT2D eigenvalue weighted by atomic mass is 9.62. The Morgan fingerprint density at radius 3 is 2.42 bits per heavy atom. The number of nitrogens with zero attached hydrogens (tertiary/aromatic N) is 1. The fourth-order valence-corrected chi connectivity index (χ4v) is 8.16. The molecule has 1 aromatic carbocycles. The summed E-state index contributed by atoms with van der Waals surface area (Å²) in [4.78, 5) is 48.3. The summed E-state index contributed by atoms with van der Waals surface area (Å²) in [5, 5.41) is 24.0. The molecule has 1 aromatic rings. The lowest BCUT2D eigenvalue weighted by molar-refractivity contribution is -0.224. The Morgan fingerprint density at radius 1 is 1.06 bits per heavy atom. The zero-order valence-corrected chi connectivity index (χ0v) is 32.1. The molecule has 0 spiro atoms. The molecule has 1 aliphatic carbocycles. The van der Waals surface area contributed by atoms with Gasteiger partial charge >= 0.3 is 11.9 Å². The van der Waals surface area contributed by atoms with Gasteiger partial charge in [0.2, 0.25) is 5.91 Å². The van der Waals surface area contributed by atoms with Gasteiger partial charge in [0, 0.05) is 25.7 Å². The van der Waals surface area contributed by atoms with E-state index in [9.17, 15) is 19.5 Å². The number of hydrogen-bond donors (Lipinski definition) is 3. The quantitative estimate of drug-likeness (QED) is 0.0960. The molecule has 296 valence electrons.